The van der Waals surface area contributed by atoms with Gasteiger partial charge in [0.05, 0.1) is 0 Å². The van der Waals surface area contributed by atoms with Crippen molar-refractivity contribution in [1.29, 1.82) is 0 Å². The van der Waals surface area contributed by atoms with Crippen molar-refractivity contribution in [3.63, 3.8) is 0 Å². The Morgan fingerprint density at radius 2 is 1.69 bits per heavy atom. The van der Waals surface area contributed by atoms with E-state index in [-0.39, 0.29) is 25.0 Å². The van der Waals surface area contributed by atoms with Crippen LogP contribution in [0.25, 0.3) is 0 Å². The van der Waals surface area contributed by atoms with Crippen molar-refractivity contribution >= 4 is 35.0 Å². The van der Waals surface area contributed by atoms with Gasteiger partial charge in [-0.15, -0.1) is 0 Å². The summed E-state index contributed by atoms with van der Waals surface area (Å²) in [6, 6.07) is 13.3. The third kappa shape index (κ3) is 7.26. The van der Waals surface area contributed by atoms with E-state index in [4.69, 9.17) is 27.9 Å². The number of carbonyl (C=O) groups is 2. The average molecular weight is 437 g/mol. The second kappa shape index (κ2) is 9.99. The Morgan fingerprint density at radius 1 is 1.07 bits per heavy atom. The number of ether oxygens (including phenoxy) is 1. The molecule has 1 atom stereocenters. The smallest absolute Gasteiger partial charge is 0.261 e. The van der Waals surface area contributed by atoms with E-state index in [0.29, 0.717) is 15.8 Å². The molecule has 5 nitrogen and oxygen atoms in total. The normalized spacial score (nSPS) is 12.2. The van der Waals surface area contributed by atoms with Gasteiger partial charge in [0.25, 0.3) is 5.91 Å². The van der Waals surface area contributed by atoms with Gasteiger partial charge in [-0.2, -0.15) is 0 Å². The number of nitrogens with one attached hydrogen (secondary N) is 1. The Kier molecular flexibility index (Phi) is 7.94. The number of amides is 2. The molecular formula is C22H26Cl2N2O3. The molecular weight excluding hydrogens is 411 g/mol. The van der Waals surface area contributed by atoms with Crippen molar-refractivity contribution in [2.24, 2.45) is 0 Å². The number of nitrogens with zero attached hydrogens (tertiary/aromatic N) is 1. The quantitative estimate of drug-likeness (QED) is 0.683. The van der Waals surface area contributed by atoms with Crippen LogP contribution in [-0.4, -0.2) is 34.9 Å². The van der Waals surface area contributed by atoms with E-state index in [2.05, 4.69) is 5.32 Å². The number of hydrogen-bond donors (Lipinski definition) is 1. The van der Waals surface area contributed by atoms with Crippen LogP contribution in [-0.2, 0) is 16.1 Å². The zero-order chi connectivity index (χ0) is 21.6. The minimum atomic E-state index is -0.702. The van der Waals surface area contributed by atoms with Gasteiger partial charge in [-0.25, -0.2) is 0 Å². The zero-order valence-electron chi connectivity index (χ0n) is 17.0. The molecule has 0 aliphatic rings. The second-order valence-electron chi connectivity index (χ2n) is 7.77. The van der Waals surface area contributed by atoms with E-state index in [1.807, 2.05) is 39.0 Å². The van der Waals surface area contributed by atoms with Crippen molar-refractivity contribution in [1.82, 2.24) is 10.2 Å². The third-order valence-corrected chi connectivity index (χ3v) is 4.76. The lowest BCUT2D eigenvalue weighted by molar-refractivity contribution is -0.142. The van der Waals surface area contributed by atoms with E-state index in [9.17, 15) is 9.59 Å². The fraction of sp³-hybridized carbons (Fsp3) is 0.364. The molecule has 0 radical (unpaired) electrons. The molecule has 1 N–H and O–H groups in total. The lowest BCUT2D eigenvalue weighted by atomic mass is 10.1. The summed E-state index contributed by atoms with van der Waals surface area (Å²) in [6.45, 7) is 7.35. The first-order chi connectivity index (χ1) is 13.6. The highest BCUT2D eigenvalue weighted by Gasteiger charge is 2.29. The summed E-state index contributed by atoms with van der Waals surface area (Å²) < 4.78 is 5.59. The highest BCUT2D eigenvalue weighted by Crippen LogP contribution is 2.20. The largest absolute Gasteiger partial charge is 0.484 e. The Labute approximate surface area is 181 Å². The van der Waals surface area contributed by atoms with Gasteiger partial charge in [-0.05, 0) is 63.6 Å². The highest BCUT2D eigenvalue weighted by molar-refractivity contribution is 6.31. The topological polar surface area (TPSA) is 58.6 Å². The van der Waals surface area contributed by atoms with E-state index in [1.165, 1.54) is 4.90 Å². The van der Waals surface area contributed by atoms with Crippen LogP contribution in [0, 0.1) is 0 Å². The summed E-state index contributed by atoms with van der Waals surface area (Å²) in [6.07, 6.45) is 0. The SMILES string of the molecule is C[C@@H](C(=O)NC(C)(C)C)N(Cc1ccccc1Cl)C(=O)COc1ccc(Cl)cc1. The zero-order valence-corrected chi connectivity index (χ0v) is 18.6. The Hall–Kier alpha value is -2.24. The summed E-state index contributed by atoms with van der Waals surface area (Å²) in [5, 5.41) is 4.03. The van der Waals surface area contributed by atoms with Gasteiger partial charge in [0.1, 0.15) is 11.8 Å². The van der Waals surface area contributed by atoms with Crippen LogP contribution >= 0.6 is 23.2 Å². The predicted octanol–water partition coefficient (Wildman–Crippen LogP) is 4.70. The number of halogens is 2. The van der Waals surface area contributed by atoms with Gasteiger partial charge < -0.3 is 15.0 Å². The molecule has 0 spiro atoms. The molecule has 2 amide bonds. The molecule has 0 aliphatic heterocycles. The van der Waals surface area contributed by atoms with Crippen molar-refractivity contribution in [3.8, 4) is 5.75 Å². The minimum Gasteiger partial charge on any atom is -0.484 e. The predicted molar refractivity (Wildman–Crippen MR) is 116 cm³/mol. The molecule has 0 unspecified atom stereocenters. The fourth-order valence-corrected chi connectivity index (χ4v) is 2.95. The lowest BCUT2D eigenvalue weighted by Crippen LogP contribution is -2.53. The van der Waals surface area contributed by atoms with Crippen LogP contribution in [0.4, 0.5) is 0 Å². The fourth-order valence-electron chi connectivity index (χ4n) is 2.63. The number of rotatable bonds is 7. The minimum absolute atomic E-state index is 0.196. The molecule has 0 saturated carbocycles. The molecule has 0 aliphatic carbocycles. The average Bonchev–Trinajstić information content (AvgIpc) is 2.65. The molecule has 2 aromatic carbocycles. The maximum atomic E-state index is 13.0. The summed E-state index contributed by atoms with van der Waals surface area (Å²) in [7, 11) is 0. The van der Waals surface area contributed by atoms with Gasteiger partial charge in [0, 0.05) is 22.1 Å². The maximum Gasteiger partial charge on any atom is 0.261 e. The molecule has 29 heavy (non-hydrogen) atoms. The molecule has 0 fully saturated rings. The Morgan fingerprint density at radius 3 is 2.28 bits per heavy atom. The van der Waals surface area contributed by atoms with Crippen molar-refractivity contribution < 1.29 is 14.3 Å². The Balaban J connectivity index is 2.18. The summed E-state index contributed by atoms with van der Waals surface area (Å²) in [5.41, 5.74) is 0.342. The van der Waals surface area contributed by atoms with E-state index >= 15 is 0 Å². The van der Waals surface area contributed by atoms with E-state index in [1.54, 1.807) is 37.3 Å². The number of hydrogen-bond acceptors (Lipinski definition) is 3. The van der Waals surface area contributed by atoms with Crippen LogP contribution < -0.4 is 10.1 Å². The molecule has 0 bridgehead atoms. The van der Waals surface area contributed by atoms with Gasteiger partial charge in [0.2, 0.25) is 5.91 Å². The van der Waals surface area contributed by atoms with Gasteiger partial charge in [-0.3, -0.25) is 9.59 Å². The first-order valence-electron chi connectivity index (χ1n) is 9.30. The molecule has 2 rings (SSSR count). The highest BCUT2D eigenvalue weighted by atomic mass is 35.5. The first-order valence-corrected chi connectivity index (χ1v) is 10.1. The van der Waals surface area contributed by atoms with Gasteiger partial charge in [-0.1, -0.05) is 41.4 Å². The number of benzene rings is 2. The van der Waals surface area contributed by atoms with Crippen molar-refractivity contribution in [2.45, 2.75) is 45.8 Å². The second-order valence-corrected chi connectivity index (χ2v) is 8.61. The summed E-state index contributed by atoms with van der Waals surface area (Å²) >= 11 is 12.1. The van der Waals surface area contributed by atoms with E-state index < -0.39 is 11.6 Å². The number of carbonyl (C=O) groups excluding carboxylic acids is 2. The van der Waals surface area contributed by atoms with Crippen LogP contribution in [0.15, 0.2) is 48.5 Å². The maximum absolute atomic E-state index is 13.0. The van der Waals surface area contributed by atoms with Crippen LogP contribution in [0.2, 0.25) is 10.0 Å². The molecule has 2 aromatic rings. The van der Waals surface area contributed by atoms with Gasteiger partial charge >= 0.3 is 0 Å². The van der Waals surface area contributed by atoms with Crippen LogP contribution in [0.5, 0.6) is 5.75 Å². The van der Waals surface area contributed by atoms with Crippen LogP contribution in [0.1, 0.15) is 33.3 Å². The van der Waals surface area contributed by atoms with Crippen molar-refractivity contribution in [2.75, 3.05) is 6.61 Å². The van der Waals surface area contributed by atoms with Gasteiger partial charge in [0.15, 0.2) is 6.61 Å². The molecule has 7 heteroatoms. The van der Waals surface area contributed by atoms with Crippen LogP contribution in [0.3, 0.4) is 0 Å². The standard InChI is InChI=1S/C22H26Cl2N2O3/c1-15(21(28)25-22(2,3)4)26(13-16-7-5-6-8-19(16)24)20(27)14-29-18-11-9-17(23)10-12-18/h5-12,15H,13-14H2,1-4H3,(H,25,28)/t15-/m0/s1. The summed E-state index contributed by atoms with van der Waals surface area (Å²) in [4.78, 5) is 27.1. The van der Waals surface area contributed by atoms with E-state index in [0.717, 1.165) is 5.56 Å². The molecule has 0 aromatic heterocycles. The molecule has 156 valence electrons. The molecule has 0 heterocycles. The van der Waals surface area contributed by atoms with Crippen molar-refractivity contribution in [3.05, 3.63) is 64.1 Å². The lowest BCUT2D eigenvalue weighted by Gasteiger charge is -2.31. The Bertz CT molecular complexity index is 848. The summed E-state index contributed by atoms with van der Waals surface area (Å²) in [5.74, 6) is -0.0481. The third-order valence-electron chi connectivity index (χ3n) is 4.14. The monoisotopic (exact) mass is 436 g/mol. The first kappa shape index (κ1) is 23.0. The molecule has 0 saturated heterocycles.